The summed E-state index contributed by atoms with van der Waals surface area (Å²) < 4.78 is 39.5. The van der Waals surface area contributed by atoms with Crippen molar-refractivity contribution >= 4 is 5.97 Å². The number of carboxylic acids is 1. The maximum Gasteiger partial charge on any atom is 0.418 e. The summed E-state index contributed by atoms with van der Waals surface area (Å²) in [6, 6.07) is 7.26. The summed E-state index contributed by atoms with van der Waals surface area (Å²) in [4.78, 5) is 10.9. The molecule has 106 valence electrons. The Morgan fingerprint density at radius 1 is 1.25 bits per heavy atom. The average molecular weight is 283 g/mol. The zero-order chi connectivity index (χ0) is 14.9. The maximum atomic E-state index is 12.8. The van der Waals surface area contributed by atoms with Crippen LogP contribution in [0.5, 0.6) is 0 Å². The molecular formula is C14H12F3NO2. The van der Waals surface area contributed by atoms with Crippen molar-refractivity contribution in [3.8, 4) is 0 Å². The first-order valence-electron chi connectivity index (χ1n) is 5.84. The molecule has 1 N–H and O–H groups in total. The number of aromatic nitrogens is 1. The average Bonchev–Trinajstić information content (AvgIpc) is 2.76. The van der Waals surface area contributed by atoms with Crippen molar-refractivity contribution in [1.29, 1.82) is 0 Å². The lowest BCUT2D eigenvalue weighted by atomic mass is 10.1. The van der Waals surface area contributed by atoms with Crippen LogP contribution in [0.25, 0.3) is 0 Å². The molecule has 0 amide bonds. The van der Waals surface area contributed by atoms with Crippen LogP contribution >= 0.6 is 0 Å². The van der Waals surface area contributed by atoms with Gasteiger partial charge in [0.1, 0.15) is 0 Å². The summed E-state index contributed by atoms with van der Waals surface area (Å²) in [7, 11) is 0. The van der Waals surface area contributed by atoms with Crippen molar-refractivity contribution in [3.63, 3.8) is 0 Å². The predicted octanol–water partition coefficient (Wildman–Crippen LogP) is 3.56. The lowest BCUT2D eigenvalue weighted by Crippen LogP contribution is -2.09. The van der Waals surface area contributed by atoms with Crippen molar-refractivity contribution in [2.45, 2.75) is 19.6 Å². The number of rotatable bonds is 3. The molecule has 0 aliphatic carbocycles. The van der Waals surface area contributed by atoms with Crippen LogP contribution in [0.1, 0.15) is 27.0 Å². The van der Waals surface area contributed by atoms with E-state index in [-0.39, 0.29) is 6.54 Å². The van der Waals surface area contributed by atoms with E-state index in [0.29, 0.717) is 0 Å². The molecule has 1 aromatic carbocycles. The highest BCUT2D eigenvalue weighted by molar-refractivity contribution is 5.89. The number of hydrogen-bond donors (Lipinski definition) is 1. The number of halogens is 3. The zero-order valence-corrected chi connectivity index (χ0v) is 10.6. The second-order valence-corrected chi connectivity index (χ2v) is 4.49. The summed E-state index contributed by atoms with van der Waals surface area (Å²) in [6.07, 6.45) is -2.84. The number of alkyl halides is 3. The zero-order valence-electron chi connectivity index (χ0n) is 10.6. The molecular weight excluding hydrogens is 271 g/mol. The van der Waals surface area contributed by atoms with Gasteiger partial charge in [-0.2, -0.15) is 13.2 Å². The molecule has 0 bridgehead atoms. The minimum Gasteiger partial charge on any atom is -0.478 e. The Kier molecular flexibility index (Phi) is 3.57. The van der Waals surface area contributed by atoms with E-state index in [9.17, 15) is 18.0 Å². The Hall–Kier alpha value is -2.24. The Labute approximate surface area is 113 Å². The van der Waals surface area contributed by atoms with Crippen molar-refractivity contribution in [1.82, 2.24) is 4.57 Å². The highest BCUT2D eigenvalue weighted by Gasteiger charge is 2.36. The molecule has 0 spiro atoms. The Bertz CT molecular complexity index is 644. The van der Waals surface area contributed by atoms with Gasteiger partial charge >= 0.3 is 12.1 Å². The second kappa shape index (κ2) is 5.03. The molecule has 0 unspecified atom stereocenters. The first kappa shape index (κ1) is 14.2. The van der Waals surface area contributed by atoms with Gasteiger partial charge in [-0.05, 0) is 18.1 Å². The number of aromatic carboxylic acids is 1. The molecule has 0 saturated carbocycles. The van der Waals surface area contributed by atoms with E-state index in [2.05, 4.69) is 0 Å². The van der Waals surface area contributed by atoms with Gasteiger partial charge in [0.15, 0.2) is 0 Å². The summed E-state index contributed by atoms with van der Waals surface area (Å²) in [5, 5.41) is 8.85. The molecule has 0 atom stereocenters. The quantitative estimate of drug-likeness (QED) is 0.935. The molecule has 1 heterocycles. The molecule has 20 heavy (non-hydrogen) atoms. The van der Waals surface area contributed by atoms with Crippen LogP contribution < -0.4 is 0 Å². The summed E-state index contributed by atoms with van der Waals surface area (Å²) in [5.41, 5.74) is -0.0792. The Morgan fingerprint density at radius 2 is 1.90 bits per heavy atom. The summed E-state index contributed by atoms with van der Waals surface area (Å²) >= 11 is 0. The molecule has 2 rings (SSSR count). The lowest BCUT2D eigenvalue weighted by molar-refractivity contribution is -0.138. The van der Waals surface area contributed by atoms with Crippen LogP contribution in [0.3, 0.4) is 0 Å². The molecule has 0 saturated heterocycles. The summed E-state index contributed by atoms with van der Waals surface area (Å²) in [5.74, 6) is -1.58. The molecule has 6 heteroatoms. The number of carbonyl (C=O) groups is 1. The maximum absolute atomic E-state index is 12.8. The highest BCUT2D eigenvalue weighted by Crippen LogP contribution is 2.33. The van der Waals surface area contributed by atoms with Gasteiger partial charge < -0.3 is 9.67 Å². The van der Waals surface area contributed by atoms with Gasteiger partial charge in [0.05, 0.1) is 11.1 Å². The van der Waals surface area contributed by atoms with Gasteiger partial charge in [-0.15, -0.1) is 0 Å². The van der Waals surface area contributed by atoms with E-state index in [1.54, 1.807) is 12.1 Å². The van der Waals surface area contributed by atoms with Crippen LogP contribution in [-0.2, 0) is 12.7 Å². The van der Waals surface area contributed by atoms with Crippen molar-refractivity contribution in [3.05, 3.63) is 58.9 Å². The van der Waals surface area contributed by atoms with Crippen LogP contribution in [0, 0.1) is 6.92 Å². The highest BCUT2D eigenvalue weighted by atomic mass is 19.4. The smallest absolute Gasteiger partial charge is 0.418 e. The predicted molar refractivity (Wildman–Crippen MR) is 66.7 cm³/mol. The SMILES string of the molecule is Cc1ccccc1Cn1cc(C(=O)O)c(C(F)(F)F)c1. The van der Waals surface area contributed by atoms with Gasteiger partial charge in [0.25, 0.3) is 0 Å². The standard InChI is InChI=1S/C14H12F3NO2/c1-9-4-2-3-5-10(9)6-18-7-11(13(19)20)12(8-18)14(15,16)17/h2-5,7-8H,6H2,1H3,(H,19,20). The number of hydrogen-bond acceptors (Lipinski definition) is 1. The number of nitrogens with zero attached hydrogens (tertiary/aromatic N) is 1. The molecule has 3 nitrogen and oxygen atoms in total. The minimum absolute atomic E-state index is 0.197. The number of benzene rings is 1. The minimum atomic E-state index is -4.68. The largest absolute Gasteiger partial charge is 0.478 e. The normalized spacial score (nSPS) is 11.6. The van der Waals surface area contributed by atoms with E-state index in [1.165, 1.54) is 4.57 Å². The fourth-order valence-corrected chi connectivity index (χ4v) is 1.98. The van der Waals surface area contributed by atoms with Gasteiger partial charge in [0, 0.05) is 18.9 Å². The Balaban J connectivity index is 2.40. The van der Waals surface area contributed by atoms with Crippen molar-refractivity contribution in [2.24, 2.45) is 0 Å². The first-order chi connectivity index (χ1) is 9.29. The third kappa shape index (κ3) is 2.84. The number of carboxylic acid groups (broad SMARTS) is 1. The third-order valence-electron chi connectivity index (χ3n) is 3.03. The van der Waals surface area contributed by atoms with Crippen LogP contribution in [0.4, 0.5) is 13.2 Å². The van der Waals surface area contributed by atoms with E-state index in [1.807, 2.05) is 19.1 Å². The second-order valence-electron chi connectivity index (χ2n) is 4.49. The van der Waals surface area contributed by atoms with Crippen LogP contribution in [0.2, 0.25) is 0 Å². The first-order valence-corrected chi connectivity index (χ1v) is 5.84. The van der Waals surface area contributed by atoms with Gasteiger partial charge in [-0.25, -0.2) is 4.79 Å². The van der Waals surface area contributed by atoms with Crippen LogP contribution in [0.15, 0.2) is 36.7 Å². The molecule has 0 aliphatic heterocycles. The molecule has 1 aromatic heterocycles. The van der Waals surface area contributed by atoms with E-state index in [4.69, 9.17) is 5.11 Å². The third-order valence-corrected chi connectivity index (χ3v) is 3.03. The lowest BCUT2D eigenvalue weighted by Gasteiger charge is -2.07. The molecule has 0 fully saturated rings. The van der Waals surface area contributed by atoms with Crippen molar-refractivity contribution in [2.75, 3.05) is 0 Å². The molecule has 2 aromatic rings. The van der Waals surface area contributed by atoms with Gasteiger partial charge in [0.2, 0.25) is 0 Å². The van der Waals surface area contributed by atoms with Gasteiger partial charge in [-0.3, -0.25) is 0 Å². The summed E-state index contributed by atoms with van der Waals surface area (Å²) in [6.45, 7) is 2.05. The number of aryl methyl sites for hydroxylation is 1. The van der Waals surface area contributed by atoms with E-state index < -0.39 is 23.3 Å². The van der Waals surface area contributed by atoms with Gasteiger partial charge in [-0.1, -0.05) is 24.3 Å². The monoisotopic (exact) mass is 283 g/mol. The topological polar surface area (TPSA) is 42.2 Å². The van der Waals surface area contributed by atoms with Crippen molar-refractivity contribution < 1.29 is 23.1 Å². The Morgan fingerprint density at radius 3 is 2.40 bits per heavy atom. The molecule has 0 radical (unpaired) electrons. The molecule has 0 aliphatic rings. The van der Waals surface area contributed by atoms with E-state index >= 15 is 0 Å². The van der Waals surface area contributed by atoms with E-state index in [0.717, 1.165) is 23.5 Å². The fraction of sp³-hybridized carbons (Fsp3) is 0.214. The fourth-order valence-electron chi connectivity index (χ4n) is 1.98. The van der Waals surface area contributed by atoms with Crippen LogP contribution in [-0.4, -0.2) is 15.6 Å².